The van der Waals surface area contributed by atoms with E-state index >= 15 is 0 Å². The molecular weight excluding hydrogens is 397 g/mol. The molecule has 22 heavy (non-hydrogen) atoms. The molecule has 1 aliphatic rings. The van der Waals surface area contributed by atoms with Gasteiger partial charge in [-0.2, -0.15) is 0 Å². The quantitative estimate of drug-likeness (QED) is 0.745. The maximum absolute atomic E-state index is 12.0. The summed E-state index contributed by atoms with van der Waals surface area (Å²) in [6.07, 6.45) is 6.41. The Morgan fingerprint density at radius 2 is 1.95 bits per heavy atom. The summed E-state index contributed by atoms with van der Waals surface area (Å²) in [5, 5.41) is 10.4. The van der Waals surface area contributed by atoms with E-state index in [4.69, 9.17) is 0 Å². The highest BCUT2D eigenvalue weighted by Crippen LogP contribution is 2.20. The number of aromatic hydroxyl groups is 1. The fraction of sp³-hybridized carbons (Fsp3) is 0. The molecule has 0 saturated heterocycles. The van der Waals surface area contributed by atoms with Crippen LogP contribution in [-0.4, -0.2) is 20.9 Å². The fourth-order valence-corrected chi connectivity index (χ4v) is 2.40. The smallest absolute Gasteiger partial charge is 0.335 e. The zero-order valence-electron chi connectivity index (χ0n) is 11.2. The number of hydrogen-bond donors (Lipinski definition) is 2. The Morgan fingerprint density at radius 3 is 2.59 bits per heavy atom. The summed E-state index contributed by atoms with van der Waals surface area (Å²) in [6, 6.07) is 6.97. The average Bonchev–Trinajstić information content (AvgIpc) is 2.98. The third kappa shape index (κ3) is 2.67. The summed E-state index contributed by atoms with van der Waals surface area (Å²) in [5.41, 5.74) is -0.390. The molecule has 2 heterocycles. The predicted octanol–water partition coefficient (Wildman–Crippen LogP) is 1.82. The van der Waals surface area contributed by atoms with E-state index < -0.39 is 17.1 Å². The third-order valence-electron chi connectivity index (χ3n) is 3.07. The molecule has 0 atom stereocenters. The molecule has 7 heteroatoms. The lowest BCUT2D eigenvalue weighted by Crippen LogP contribution is -2.30. The molecule has 0 fully saturated rings. The number of aromatic amines is 1. The van der Waals surface area contributed by atoms with E-state index in [0.29, 0.717) is 11.4 Å². The minimum Gasteiger partial charge on any atom is -0.494 e. The van der Waals surface area contributed by atoms with Crippen LogP contribution in [0.1, 0.15) is 5.56 Å². The summed E-state index contributed by atoms with van der Waals surface area (Å²) < 4.78 is 2.04. The van der Waals surface area contributed by atoms with Crippen molar-refractivity contribution in [1.82, 2.24) is 9.55 Å². The van der Waals surface area contributed by atoms with Gasteiger partial charge in [-0.3, -0.25) is 14.8 Å². The van der Waals surface area contributed by atoms with E-state index in [2.05, 4.69) is 32.6 Å². The van der Waals surface area contributed by atoms with E-state index in [1.807, 2.05) is 0 Å². The number of benzene rings is 1. The van der Waals surface area contributed by atoms with Crippen molar-refractivity contribution in [3.63, 3.8) is 0 Å². The first kappa shape index (κ1) is 14.5. The predicted molar refractivity (Wildman–Crippen MR) is 92.7 cm³/mol. The van der Waals surface area contributed by atoms with Crippen LogP contribution in [0.4, 0.5) is 0 Å². The maximum Gasteiger partial charge on any atom is 0.335 e. The number of nitrogens with one attached hydrogen (secondary N) is 1. The molecule has 0 unspecified atom stereocenters. The Kier molecular flexibility index (Phi) is 3.80. The second-order valence-electron chi connectivity index (χ2n) is 4.51. The van der Waals surface area contributed by atoms with Crippen LogP contribution < -0.4 is 11.2 Å². The fourth-order valence-electron chi connectivity index (χ4n) is 2.05. The van der Waals surface area contributed by atoms with Crippen LogP contribution in [-0.2, 0) is 0 Å². The topological polar surface area (TPSA) is 87.5 Å². The van der Waals surface area contributed by atoms with Crippen molar-refractivity contribution in [3.8, 4) is 11.6 Å². The van der Waals surface area contributed by atoms with Crippen LogP contribution in [0, 0.1) is 3.57 Å². The van der Waals surface area contributed by atoms with E-state index in [-0.39, 0.29) is 5.56 Å². The van der Waals surface area contributed by atoms with Crippen molar-refractivity contribution < 1.29 is 5.11 Å². The van der Waals surface area contributed by atoms with Crippen LogP contribution in [0.15, 0.2) is 56.7 Å². The van der Waals surface area contributed by atoms with E-state index in [0.717, 1.165) is 8.14 Å². The van der Waals surface area contributed by atoms with Gasteiger partial charge in [0.25, 0.3) is 5.56 Å². The van der Waals surface area contributed by atoms with Gasteiger partial charge in [0.1, 0.15) is 5.56 Å². The second-order valence-corrected chi connectivity index (χ2v) is 5.76. The monoisotopic (exact) mass is 407 g/mol. The Labute approximate surface area is 138 Å². The molecule has 0 spiro atoms. The van der Waals surface area contributed by atoms with Gasteiger partial charge in [0, 0.05) is 9.78 Å². The lowest BCUT2D eigenvalue weighted by Gasteiger charge is -2.10. The zero-order chi connectivity index (χ0) is 15.7. The van der Waals surface area contributed by atoms with Crippen LogP contribution in [0.3, 0.4) is 0 Å². The SMILES string of the molecule is O=c1[nH]c(=O)n(-c2ccc(I)cc2)c(O)c1/C=C1\C=CC=N1. The summed E-state index contributed by atoms with van der Waals surface area (Å²) >= 11 is 2.14. The van der Waals surface area contributed by atoms with Gasteiger partial charge < -0.3 is 5.11 Å². The highest BCUT2D eigenvalue weighted by Gasteiger charge is 2.14. The number of hydrogen-bond acceptors (Lipinski definition) is 4. The molecule has 3 rings (SSSR count). The van der Waals surface area contributed by atoms with Gasteiger partial charge in [0.05, 0.1) is 11.4 Å². The van der Waals surface area contributed by atoms with Gasteiger partial charge in [-0.15, -0.1) is 0 Å². The van der Waals surface area contributed by atoms with Crippen LogP contribution in [0.2, 0.25) is 0 Å². The summed E-state index contributed by atoms with van der Waals surface area (Å²) in [6.45, 7) is 0. The summed E-state index contributed by atoms with van der Waals surface area (Å²) in [5.74, 6) is -0.419. The van der Waals surface area contributed by atoms with Crippen LogP contribution in [0.25, 0.3) is 11.8 Å². The van der Waals surface area contributed by atoms with Crippen LogP contribution in [0.5, 0.6) is 5.88 Å². The largest absolute Gasteiger partial charge is 0.494 e. The highest BCUT2D eigenvalue weighted by molar-refractivity contribution is 14.1. The first-order valence-corrected chi connectivity index (χ1v) is 7.41. The highest BCUT2D eigenvalue weighted by atomic mass is 127. The lowest BCUT2D eigenvalue weighted by molar-refractivity contribution is 0.429. The molecule has 1 aromatic carbocycles. The molecule has 0 bridgehead atoms. The van der Waals surface area contributed by atoms with Gasteiger partial charge in [0.15, 0.2) is 0 Å². The van der Waals surface area contributed by atoms with Gasteiger partial charge >= 0.3 is 5.69 Å². The van der Waals surface area contributed by atoms with E-state index in [1.54, 1.807) is 42.6 Å². The number of nitrogens with zero attached hydrogens (tertiary/aromatic N) is 2. The van der Waals surface area contributed by atoms with Crippen molar-refractivity contribution >= 4 is 34.9 Å². The molecule has 0 radical (unpaired) electrons. The minimum atomic E-state index is -0.698. The average molecular weight is 407 g/mol. The Balaban J connectivity index is 2.24. The van der Waals surface area contributed by atoms with Gasteiger partial charge in [0.2, 0.25) is 5.88 Å². The zero-order valence-corrected chi connectivity index (χ0v) is 13.3. The molecule has 0 saturated carbocycles. The molecule has 110 valence electrons. The Hall–Kier alpha value is -2.42. The molecule has 1 aromatic heterocycles. The Bertz CT molecular complexity index is 920. The van der Waals surface area contributed by atoms with Gasteiger partial charge in [-0.25, -0.2) is 9.36 Å². The molecule has 6 nitrogen and oxygen atoms in total. The molecule has 0 aliphatic carbocycles. The molecular formula is C15H10IN3O3. The number of rotatable bonds is 2. The first-order valence-electron chi connectivity index (χ1n) is 6.33. The second kappa shape index (κ2) is 5.76. The molecule has 2 aromatic rings. The number of aromatic nitrogens is 2. The third-order valence-corrected chi connectivity index (χ3v) is 3.79. The van der Waals surface area contributed by atoms with E-state index in [9.17, 15) is 14.7 Å². The number of aliphatic imine (C=N–C) groups is 1. The van der Waals surface area contributed by atoms with Crippen molar-refractivity contribution in [3.05, 3.63) is 72.1 Å². The molecule has 2 N–H and O–H groups in total. The van der Waals surface area contributed by atoms with Crippen molar-refractivity contribution in [2.45, 2.75) is 0 Å². The Morgan fingerprint density at radius 1 is 1.23 bits per heavy atom. The normalized spacial score (nSPS) is 14.9. The first-order chi connectivity index (χ1) is 10.6. The molecule has 1 aliphatic heterocycles. The number of halogens is 1. The van der Waals surface area contributed by atoms with Crippen LogP contribution >= 0.6 is 22.6 Å². The number of allylic oxidation sites excluding steroid dienone is 2. The van der Waals surface area contributed by atoms with E-state index in [1.165, 1.54) is 6.08 Å². The van der Waals surface area contributed by atoms with Crippen molar-refractivity contribution in [2.75, 3.05) is 0 Å². The summed E-state index contributed by atoms with van der Waals surface area (Å²) in [7, 11) is 0. The van der Waals surface area contributed by atoms with Crippen molar-refractivity contribution in [1.29, 1.82) is 0 Å². The lowest BCUT2D eigenvalue weighted by atomic mass is 10.2. The van der Waals surface area contributed by atoms with Gasteiger partial charge in [-0.1, -0.05) is 0 Å². The minimum absolute atomic E-state index is 0.0168. The van der Waals surface area contributed by atoms with Gasteiger partial charge in [-0.05, 0) is 65.1 Å². The standard InChI is InChI=1S/C15H10IN3O3/c16-9-3-5-11(6-4-9)19-14(21)12(13(20)18-15(19)22)8-10-2-1-7-17-10/h1-8,21H,(H,18,20,22)/b10-8+. The van der Waals surface area contributed by atoms with Crippen molar-refractivity contribution in [2.24, 2.45) is 4.99 Å². The maximum atomic E-state index is 12.0. The number of H-pyrrole nitrogens is 1. The molecule has 0 amide bonds. The summed E-state index contributed by atoms with van der Waals surface area (Å²) in [4.78, 5) is 30.2.